The first kappa shape index (κ1) is 19.8. The molecule has 1 aromatic carbocycles. The zero-order valence-electron chi connectivity index (χ0n) is 16.2. The highest BCUT2D eigenvalue weighted by Gasteiger charge is 2.14. The zero-order chi connectivity index (χ0) is 18.9. The van der Waals surface area contributed by atoms with E-state index in [0.717, 1.165) is 43.1 Å². The van der Waals surface area contributed by atoms with Crippen LogP contribution in [-0.2, 0) is 4.79 Å². The van der Waals surface area contributed by atoms with E-state index in [2.05, 4.69) is 58.6 Å². The minimum absolute atomic E-state index is 0.0529. The second-order valence-corrected chi connectivity index (χ2v) is 6.28. The van der Waals surface area contributed by atoms with E-state index in [-0.39, 0.29) is 11.8 Å². The Hall–Kier alpha value is -2.56. The Morgan fingerprint density at radius 2 is 1.58 bits per heavy atom. The van der Waals surface area contributed by atoms with Gasteiger partial charge in [0, 0.05) is 30.4 Å². The van der Waals surface area contributed by atoms with Crippen LogP contribution in [0.1, 0.15) is 40.5 Å². The molecule has 0 aliphatic carbocycles. The van der Waals surface area contributed by atoms with Crippen molar-refractivity contribution in [2.75, 3.05) is 28.6 Å². The first-order valence-electron chi connectivity index (χ1n) is 9.50. The molecule has 5 heteroatoms. The van der Waals surface area contributed by atoms with E-state index in [4.69, 9.17) is 0 Å². The van der Waals surface area contributed by atoms with E-state index in [1.54, 1.807) is 6.20 Å². The van der Waals surface area contributed by atoms with E-state index >= 15 is 0 Å². The van der Waals surface area contributed by atoms with Crippen LogP contribution >= 0.6 is 0 Å². The minimum Gasteiger partial charge on any atom is -0.372 e. The van der Waals surface area contributed by atoms with Gasteiger partial charge in [0.2, 0.25) is 5.91 Å². The van der Waals surface area contributed by atoms with Crippen molar-refractivity contribution in [1.29, 1.82) is 0 Å². The maximum atomic E-state index is 12.1. The Morgan fingerprint density at radius 3 is 2.08 bits per heavy atom. The van der Waals surface area contributed by atoms with Crippen molar-refractivity contribution in [3.05, 3.63) is 42.6 Å². The molecule has 1 heterocycles. The Kier molecular flexibility index (Phi) is 7.45. The number of nitrogens with zero attached hydrogens (tertiary/aromatic N) is 2. The predicted molar refractivity (Wildman–Crippen MR) is 110 cm³/mol. The summed E-state index contributed by atoms with van der Waals surface area (Å²) < 4.78 is 0. The van der Waals surface area contributed by atoms with Gasteiger partial charge in [0.1, 0.15) is 5.82 Å². The topological polar surface area (TPSA) is 57.3 Å². The molecule has 2 aromatic rings. The van der Waals surface area contributed by atoms with Crippen LogP contribution in [0.3, 0.4) is 0 Å². The molecule has 0 radical (unpaired) electrons. The smallest absolute Gasteiger partial charge is 0.227 e. The lowest BCUT2D eigenvalue weighted by atomic mass is 10.0. The molecular weight excluding hydrogens is 324 g/mol. The molecule has 0 saturated heterocycles. The van der Waals surface area contributed by atoms with Crippen LogP contribution in [0.25, 0.3) is 0 Å². The van der Waals surface area contributed by atoms with Crippen molar-refractivity contribution in [3.63, 3.8) is 0 Å². The van der Waals surface area contributed by atoms with Crippen molar-refractivity contribution in [2.24, 2.45) is 5.92 Å². The fourth-order valence-electron chi connectivity index (χ4n) is 2.94. The summed E-state index contributed by atoms with van der Waals surface area (Å²) in [4.78, 5) is 18.8. The molecule has 0 aliphatic heterocycles. The number of aromatic nitrogens is 1. The first-order valence-corrected chi connectivity index (χ1v) is 9.50. The van der Waals surface area contributed by atoms with Gasteiger partial charge in [-0.2, -0.15) is 0 Å². The van der Waals surface area contributed by atoms with Gasteiger partial charge in [0.05, 0.1) is 11.9 Å². The van der Waals surface area contributed by atoms with Crippen LogP contribution in [0.4, 0.5) is 22.9 Å². The van der Waals surface area contributed by atoms with Crippen molar-refractivity contribution in [3.8, 4) is 0 Å². The summed E-state index contributed by atoms with van der Waals surface area (Å²) in [6.45, 7) is 10.4. The summed E-state index contributed by atoms with van der Waals surface area (Å²) in [5.41, 5.74) is 2.93. The standard InChI is InChI=1S/C21H30N4O/c1-5-16(6-2)21(26)24-18-11-14-20(22-15-18)23-17-9-12-19(13-10-17)25(7-3)8-4/h9-16H,5-8H2,1-4H3,(H,22,23)(H,24,26). The number of benzene rings is 1. The third-order valence-electron chi connectivity index (χ3n) is 4.66. The molecule has 0 bridgehead atoms. The molecule has 5 nitrogen and oxygen atoms in total. The van der Waals surface area contributed by atoms with Gasteiger partial charge < -0.3 is 15.5 Å². The van der Waals surface area contributed by atoms with E-state index in [0.29, 0.717) is 0 Å². The lowest BCUT2D eigenvalue weighted by Crippen LogP contribution is -2.21. The van der Waals surface area contributed by atoms with Crippen LogP contribution in [0.5, 0.6) is 0 Å². The first-order chi connectivity index (χ1) is 12.6. The van der Waals surface area contributed by atoms with Crippen molar-refractivity contribution in [1.82, 2.24) is 4.98 Å². The molecule has 0 spiro atoms. The Morgan fingerprint density at radius 1 is 0.962 bits per heavy atom. The van der Waals surface area contributed by atoms with Crippen molar-refractivity contribution in [2.45, 2.75) is 40.5 Å². The molecule has 140 valence electrons. The van der Waals surface area contributed by atoms with Gasteiger partial charge >= 0.3 is 0 Å². The second-order valence-electron chi connectivity index (χ2n) is 6.28. The normalized spacial score (nSPS) is 10.7. The van der Waals surface area contributed by atoms with Crippen molar-refractivity contribution >= 4 is 28.8 Å². The summed E-state index contributed by atoms with van der Waals surface area (Å²) in [6.07, 6.45) is 3.38. The van der Waals surface area contributed by atoms with Gasteiger partial charge in [-0.1, -0.05) is 13.8 Å². The summed E-state index contributed by atoms with van der Waals surface area (Å²) >= 11 is 0. The lowest BCUT2D eigenvalue weighted by Gasteiger charge is -2.21. The number of pyridine rings is 1. The third-order valence-corrected chi connectivity index (χ3v) is 4.66. The van der Waals surface area contributed by atoms with Gasteiger partial charge in [-0.25, -0.2) is 4.98 Å². The average Bonchev–Trinajstić information content (AvgIpc) is 2.66. The van der Waals surface area contributed by atoms with Crippen LogP contribution in [-0.4, -0.2) is 24.0 Å². The number of hydrogen-bond donors (Lipinski definition) is 2. The molecular formula is C21H30N4O. The lowest BCUT2D eigenvalue weighted by molar-refractivity contribution is -0.120. The SMILES string of the molecule is CCC(CC)C(=O)Nc1ccc(Nc2ccc(N(CC)CC)cc2)nc1. The van der Waals surface area contributed by atoms with Crippen LogP contribution < -0.4 is 15.5 Å². The van der Waals surface area contributed by atoms with Crippen molar-refractivity contribution < 1.29 is 4.79 Å². The number of hydrogen-bond acceptors (Lipinski definition) is 4. The average molecular weight is 354 g/mol. The highest BCUT2D eigenvalue weighted by atomic mass is 16.1. The molecule has 0 atom stereocenters. The molecule has 2 N–H and O–H groups in total. The van der Waals surface area contributed by atoms with Gasteiger partial charge in [-0.05, 0) is 63.1 Å². The van der Waals surface area contributed by atoms with Crippen LogP contribution in [0.15, 0.2) is 42.6 Å². The van der Waals surface area contributed by atoms with Gasteiger partial charge in [-0.15, -0.1) is 0 Å². The van der Waals surface area contributed by atoms with E-state index < -0.39 is 0 Å². The van der Waals surface area contributed by atoms with Crippen LogP contribution in [0, 0.1) is 5.92 Å². The number of anilines is 4. The summed E-state index contributed by atoms with van der Waals surface area (Å²) in [5.74, 6) is 0.864. The molecule has 0 aliphatic rings. The molecule has 1 aromatic heterocycles. The maximum absolute atomic E-state index is 12.1. The zero-order valence-corrected chi connectivity index (χ0v) is 16.2. The Bertz CT molecular complexity index is 674. The molecule has 2 rings (SSSR count). The highest BCUT2D eigenvalue weighted by molar-refractivity contribution is 5.92. The largest absolute Gasteiger partial charge is 0.372 e. The Labute approximate surface area is 156 Å². The predicted octanol–water partition coefficient (Wildman–Crippen LogP) is 5.05. The fourth-order valence-corrected chi connectivity index (χ4v) is 2.94. The molecule has 26 heavy (non-hydrogen) atoms. The highest BCUT2D eigenvalue weighted by Crippen LogP contribution is 2.21. The van der Waals surface area contributed by atoms with Gasteiger partial charge in [-0.3, -0.25) is 4.79 Å². The molecule has 0 fully saturated rings. The molecule has 1 amide bonds. The number of carbonyl (C=O) groups excluding carboxylic acids is 1. The van der Waals surface area contributed by atoms with Crippen LogP contribution in [0.2, 0.25) is 0 Å². The molecule has 0 saturated carbocycles. The second kappa shape index (κ2) is 9.80. The minimum atomic E-state index is 0.0529. The monoisotopic (exact) mass is 354 g/mol. The van der Waals surface area contributed by atoms with E-state index in [9.17, 15) is 4.79 Å². The number of nitrogens with one attached hydrogen (secondary N) is 2. The third kappa shape index (κ3) is 5.22. The van der Waals surface area contributed by atoms with Gasteiger partial charge in [0.15, 0.2) is 0 Å². The number of carbonyl (C=O) groups is 1. The number of rotatable bonds is 9. The van der Waals surface area contributed by atoms with E-state index in [1.165, 1.54) is 5.69 Å². The quantitative estimate of drug-likeness (QED) is 0.662. The number of amides is 1. The molecule has 0 unspecified atom stereocenters. The Balaban J connectivity index is 1.97. The summed E-state index contributed by atoms with van der Waals surface area (Å²) in [5, 5.41) is 6.22. The maximum Gasteiger partial charge on any atom is 0.227 e. The summed E-state index contributed by atoms with van der Waals surface area (Å²) in [7, 11) is 0. The fraction of sp³-hybridized carbons (Fsp3) is 0.429. The van der Waals surface area contributed by atoms with E-state index in [1.807, 2.05) is 26.0 Å². The van der Waals surface area contributed by atoms with Gasteiger partial charge in [0.25, 0.3) is 0 Å². The summed E-state index contributed by atoms with van der Waals surface area (Å²) in [6, 6.07) is 12.1.